The lowest BCUT2D eigenvalue weighted by atomic mass is 10.0. The fourth-order valence-corrected chi connectivity index (χ4v) is 4.24. The highest BCUT2D eigenvalue weighted by atomic mass is 16.1. The molecule has 4 aromatic rings. The number of fused-ring (bicyclic) bond motifs is 3. The Morgan fingerprint density at radius 2 is 1.74 bits per heavy atom. The zero-order chi connectivity index (χ0) is 21.8. The maximum atomic E-state index is 11.7. The van der Waals surface area contributed by atoms with Gasteiger partial charge in [0.15, 0.2) is 5.82 Å². The van der Waals surface area contributed by atoms with E-state index in [-0.39, 0.29) is 5.91 Å². The Labute approximate surface area is 182 Å². The number of nitrogen functional groups attached to an aromatic ring is 1. The number of benzene rings is 2. The van der Waals surface area contributed by atoms with E-state index in [0.717, 1.165) is 78.4 Å². The molecule has 0 aliphatic carbocycles. The lowest BCUT2D eigenvalue weighted by Gasteiger charge is -2.11. The molecule has 31 heavy (non-hydrogen) atoms. The summed E-state index contributed by atoms with van der Waals surface area (Å²) in [5.41, 5.74) is 16.2. The Kier molecular flexibility index (Phi) is 6.16. The summed E-state index contributed by atoms with van der Waals surface area (Å²) >= 11 is 0. The first kappa shape index (κ1) is 20.8. The number of para-hydroxylation sites is 1. The maximum absolute atomic E-state index is 11.7. The van der Waals surface area contributed by atoms with E-state index in [1.807, 2.05) is 36.4 Å². The van der Waals surface area contributed by atoms with E-state index in [0.29, 0.717) is 11.4 Å². The fourth-order valence-electron chi connectivity index (χ4n) is 4.24. The van der Waals surface area contributed by atoms with Gasteiger partial charge in [0.1, 0.15) is 11.3 Å². The van der Waals surface area contributed by atoms with Crippen LogP contribution in [0, 0.1) is 0 Å². The Balaban J connectivity index is 1.62. The van der Waals surface area contributed by atoms with Crippen LogP contribution in [0.5, 0.6) is 0 Å². The van der Waals surface area contributed by atoms with Crippen LogP contribution in [-0.2, 0) is 19.4 Å². The van der Waals surface area contributed by atoms with Gasteiger partial charge in [-0.25, -0.2) is 9.97 Å². The number of anilines is 1. The first-order chi connectivity index (χ1) is 15.1. The number of hydrogen-bond donors (Lipinski definition) is 2. The van der Waals surface area contributed by atoms with Crippen LogP contribution in [0.15, 0.2) is 48.5 Å². The minimum absolute atomic E-state index is 0.368. The molecule has 0 saturated heterocycles. The Bertz CT molecular complexity index is 1230. The van der Waals surface area contributed by atoms with Crippen molar-refractivity contribution in [3.8, 4) is 0 Å². The molecule has 0 aliphatic rings. The third kappa shape index (κ3) is 4.24. The predicted molar refractivity (Wildman–Crippen MR) is 126 cm³/mol. The molecule has 0 spiro atoms. The highest BCUT2D eigenvalue weighted by Crippen LogP contribution is 2.29. The zero-order valence-electron chi connectivity index (χ0n) is 18.0. The molecule has 0 aliphatic heterocycles. The Morgan fingerprint density at radius 3 is 2.55 bits per heavy atom. The standard InChI is InChI=1S/C25H29N5O/c1-2-3-15-21-29-22-23(19-13-6-7-14-20(19)28-24(22)26)30(21)16-9-8-11-17-10-4-5-12-18(17)25(27)31/h4-7,10,12-14H,2-3,8-9,11,15-16H2,1H3,(H2,26,28)(H2,27,31). The largest absolute Gasteiger partial charge is 0.382 e. The van der Waals surface area contributed by atoms with Crippen LogP contribution in [0.3, 0.4) is 0 Å². The number of amides is 1. The number of aryl methyl sites for hydroxylation is 3. The van der Waals surface area contributed by atoms with Gasteiger partial charge in [0.2, 0.25) is 5.91 Å². The van der Waals surface area contributed by atoms with E-state index in [4.69, 9.17) is 16.5 Å². The van der Waals surface area contributed by atoms with Crippen molar-refractivity contribution < 1.29 is 4.79 Å². The van der Waals surface area contributed by atoms with Crippen LogP contribution in [-0.4, -0.2) is 20.4 Å². The number of pyridine rings is 1. The molecule has 6 nitrogen and oxygen atoms in total. The summed E-state index contributed by atoms with van der Waals surface area (Å²) in [4.78, 5) is 21.1. The molecule has 4 N–H and O–H groups in total. The van der Waals surface area contributed by atoms with Gasteiger partial charge in [-0.2, -0.15) is 0 Å². The summed E-state index contributed by atoms with van der Waals surface area (Å²) in [6.45, 7) is 3.04. The van der Waals surface area contributed by atoms with Gasteiger partial charge in [0.25, 0.3) is 0 Å². The minimum Gasteiger partial charge on any atom is -0.382 e. The van der Waals surface area contributed by atoms with Crippen molar-refractivity contribution in [2.75, 3.05) is 5.73 Å². The van der Waals surface area contributed by atoms with Crippen LogP contribution in [0.2, 0.25) is 0 Å². The third-order valence-electron chi connectivity index (χ3n) is 5.80. The molecule has 0 atom stereocenters. The van der Waals surface area contributed by atoms with Crippen molar-refractivity contribution in [1.82, 2.24) is 14.5 Å². The van der Waals surface area contributed by atoms with Gasteiger partial charge in [0, 0.05) is 23.9 Å². The molecule has 2 aromatic heterocycles. The molecule has 0 fully saturated rings. The summed E-state index contributed by atoms with van der Waals surface area (Å²) in [6.07, 6.45) is 5.86. The van der Waals surface area contributed by atoms with Crippen LogP contribution >= 0.6 is 0 Å². The average molecular weight is 416 g/mol. The van der Waals surface area contributed by atoms with Gasteiger partial charge in [0.05, 0.1) is 11.0 Å². The molecule has 0 saturated carbocycles. The predicted octanol–water partition coefficient (Wildman–Crippen LogP) is 4.63. The number of carbonyl (C=O) groups excluding carboxylic acids is 1. The van der Waals surface area contributed by atoms with Gasteiger partial charge in [-0.1, -0.05) is 49.7 Å². The van der Waals surface area contributed by atoms with Gasteiger partial charge < -0.3 is 16.0 Å². The summed E-state index contributed by atoms with van der Waals surface area (Å²) in [5, 5.41) is 1.08. The first-order valence-corrected chi connectivity index (χ1v) is 11.0. The number of imidazole rings is 1. The number of carbonyl (C=O) groups is 1. The summed E-state index contributed by atoms with van der Waals surface area (Å²) in [5.74, 6) is 1.19. The van der Waals surface area contributed by atoms with Gasteiger partial charge in [-0.15, -0.1) is 0 Å². The lowest BCUT2D eigenvalue weighted by molar-refractivity contribution is 0.0999. The second kappa shape index (κ2) is 9.16. The SMILES string of the molecule is CCCCc1nc2c(N)nc3ccccc3c2n1CCCCc1ccccc1C(N)=O. The molecule has 6 heteroatoms. The van der Waals surface area contributed by atoms with E-state index in [1.165, 1.54) is 0 Å². The number of nitrogens with two attached hydrogens (primary N) is 2. The molecule has 1 amide bonds. The zero-order valence-corrected chi connectivity index (χ0v) is 18.0. The summed E-state index contributed by atoms with van der Waals surface area (Å²) < 4.78 is 2.32. The highest BCUT2D eigenvalue weighted by Gasteiger charge is 2.17. The molecule has 4 rings (SSSR count). The van der Waals surface area contributed by atoms with E-state index >= 15 is 0 Å². The second-order valence-corrected chi connectivity index (χ2v) is 7.97. The molecular weight excluding hydrogens is 386 g/mol. The van der Waals surface area contributed by atoms with Gasteiger partial charge in [-0.05, 0) is 43.4 Å². The molecule has 2 heterocycles. The highest BCUT2D eigenvalue weighted by molar-refractivity contribution is 6.06. The van der Waals surface area contributed by atoms with Gasteiger partial charge in [-0.3, -0.25) is 4.79 Å². The number of nitrogens with zero attached hydrogens (tertiary/aromatic N) is 3. The van der Waals surface area contributed by atoms with Crippen molar-refractivity contribution in [3.05, 3.63) is 65.5 Å². The summed E-state index contributed by atoms with van der Waals surface area (Å²) in [7, 11) is 0. The quantitative estimate of drug-likeness (QED) is 0.389. The van der Waals surface area contributed by atoms with Crippen LogP contribution in [0.25, 0.3) is 21.9 Å². The molecule has 160 valence electrons. The number of rotatable bonds is 9. The minimum atomic E-state index is -0.368. The first-order valence-electron chi connectivity index (χ1n) is 11.0. The lowest BCUT2D eigenvalue weighted by Crippen LogP contribution is -2.13. The Hall–Kier alpha value is -3.41. The van der Waals surface area contributed by atoms with E-state index in [2.05, 4.69) is 22.5 Å². The molecule has 2 aromatic carbocycles. The number of primary amides is 1. The van der Waals surface area contributed by atoms with E-state index in [9.17, 15) is 4.79 Å². The monoisotopic (exact) mass is 415 g/mol. The Morgan fingerprint density at radius 1 is 0.968 bits per heavy atom. The van der Waals surface area contributed by atoms with E-state index < -0.39 is 0 Å². The van der Waals surface area contributed by atoms with Crippen LogP contribution < -0.4 is 11.5 Å². The van der Waals surface area contributed by atoms with Crippen molar-refractivity contribution in [2.24, 2.45) is 5.73 Å². The van der Waals surface area contributed by atoms with Crippen molar-refractivity contribution in [3.63, 3.8) is 0 Å². The molecular formula is C25H29N5O. The number of aromatic nitrogens is 3. The second-order valence-electron chi connectivity index (χ2n) is 7.97. The molecule has 0 bridgehead atoms. The average Bonchev–Trinajstić information content (AvgIpc) is 3.15. The van der Waals surface area contributed by atoms with Crippen molar-refractivity contribution in [2.45, 2.75) is 52.0 Å². The van der Waals surface area contributed by atoms with Crippen LogP contribution in [0.1, 0.15) is 54.4 Å². The maximum Gasteiger partial charge on any atom is 0.248 e. The number of hydrogen-bond acceptors (Lipinski definition) is 4. The molecule has 0 unspecified atom stereocenters. The normalized spacial score (nSPS) is 11.4. The van der Waals surface area contributed by atoms with Crippen LogP contribution in [0.4, 0.5) is 5.82 Å². The molecule has 0 radical (unpaired) electrons. The summed E-state index contributed by atoms with van der Waals surface area (Å²) in [6, 6.07) is 15.7. The van der Waals surface area contributed by atoms with E-state index in [1.54, 1.807) is 6.07 Å². The topological polar surface area (TPSA) is 99.8 Å². The van der Waals surface area contributed by atoms with Crippen molar-refractivity contribution >= 4 is 33.7 Å². The fraction of sp³-hybridized carbons (Fsp3) is 0.320. The number of unbranched alkanes of at least 4 members (excludes halogenated alkanes) is 2. The van der Waals surface area contributed by atoms with Gasteiger partial charge >= 0.3 is 0 Å². The van der Waals surface area contributed by atoms with Crippen molar-refractivity contribution in [1.29, 1.82) is 0 Å². The third-order valence-corrected chi connectivity index (χ3v) is 5.80. The smallest absolute Gasteiger partial charge is 0.248 e.